The third-order valence-corrected chi connectivity index (χ3v) is 7.65. The Morgan fingerprint density at radius 1 is 1.09 bits per heavy atom. The number of carboxylic acid groups (broad SMARTS) is 1. The first kappa shape index (κ1) is 29.8. The van der Waals surface area contributed by atoms with Crippen molar-refractivity contribution < 1.29 is 36.6 Å². The number of aryl methyl sites for hydroxylation is 1. The van der Waals surface area contributed by atoms with E-state index in [0.29, 0.717) is 5.56 Å². The summed E-state index contributed by atoms with van der Waals surface area (Å²) in [6.45, 7) is 4.06. The standard InChI is InChI=1S/C28H26F5N7O3/c1-25(2,24(42)43)13-14-6-8-15(9-7-14)26(3)17-19(34)36-21(37-20(17)38-23(26)41)18-16-5-4-11-35-22(16)40(39-18)12-10-27(29,30)28(31,32)33/h4-9,11H,10,12-13H2,1-3H3,(H,42,43)(H3,34,36,37,38,41). The number of fused-ring (bicyclic) bond motifs is 2. The number of hydrogen-bond acceptors (Lipinski definition) is 7. The van der Waals surface area contributed by atoms with Crippen LogP contribution in [0.3, 0.4) is 0 Å². The summed E-state index contributed by atoms with van der Waals surface area (Å²) >= 11 is 0. The van der Waals surface area contributed by atoms with Gasteiger partial charge in [-0.05, 0) is 50.5 Å². The molecule has 15 heteroatoms. The van der Waals surface area contributed by atoms with Crippen LogP contribution < -0.4 is 11.1 Å². The first-order chi connectivity index (χ1) is 20.0. The van der Waals surface area contributed by atoms with Gasteiger partial charge in [0.15, 0.2) is 11.5 Å². The van der Waals surface area contributed by atoms with E-state index in [1.165, 1.54) is 18.3 Å². The Hall–Kier alpha value is -4.69. The highest BCUT2D eigenvalue weighted by Crippen LogP contribution is 2.45. The van der Waals surface area contributed by atoms with Crippen LogP contribution in [0.2, 0.25) is 0 Å². The molecule has 1 unspecified atom stereocenters. The molecule has 0 saturated heterocycles. The number of pyridine rings is 1. The van der Waals surface area contributed by atoms with Crippen LogP contribution in [-0.4, -0.2) is 53.8 Å². The van der Waals surface area contributed by atoms with E-state index in [2.05, 4.69) is 25.4 Å². The van der Waals surface area contributed by atoms with Crippen molar-refractivity contribution >= 4 is 34.5 Å². The Balaban J connectivity index is 1.51. The number of nitrogens with zero attached hydrogens (tertiary/aromatic N) is 5. The van der Waals surface area contributed by atoms with E-state index >= 15 is 0 Å². The van der Waals surface area contributed by atoms with Gasteiger partial charge in [0.1, 0.15) is 22.7 Å². The molecule has 0 saturated carbocycles. The summed E-state index contributed by atoms with van der Waals surface area (Å²) in [5.41, 5.74) is 5.71. The molecule has 0 aliphatic carbocycles. The van der Waals surface area contributed by atoms with Gasteiger partial charge in [-0.25, -0.2) is 19.6 Å². The number of nitrogens with one attached hydrogen (secondary N) is 1. The number of nitrogen functional groups attached to an aromatic ring is 1. The van der Waals surface area contributed by atoms with Crippen molar-refractivity contribution in [3.63, 3.8) is 0 Å². The number of carboxylic acids is 1. The normalized spacial score (nSPS) is 17.3. The first-order valence-corrected chi connectivity index (χ1v) is 13.0. The average Bonchev–Trinajstić information content (AvgIpc) is 3.42. The van der Waals surface area contributed by atoms with Gasteiger partial charge in [-0.15, -0.1) is 0 Å². The van der Waals surface area contributed by atoms with Crippen LogP contribution in [-0.2, 0) is 28.0 Å². The molecule has 226 valence electrons. The summed E-state index contributed by atoms with van der Waals surface area (Å²) in [7, 11) is 0. The maximum atomic E-state index is 13.6. The molecular weight excluding hydrogens is 577 g/mol. The molecule has 1 amide bonds. The van der Waals surface area contributed by atoms with Crippen molar-refractivity contribution in [2.75, 3.05) is 11.1 Å². The highest BCUT2D eigenvalue weighted by Gasteiger charge is 2.57. The molecule has 0 bridgehead atoms. The zero-order valence-corrected chi connectivity index (χ0v) is 23.1. The number of halogens is 5. The molecule has 10 nitrogen and oxygen atoms in total. The second-order valence-corrected chi connectivity index (χ2v) is 11.2. The van der Waals surface area contributed by atoms with Gasteiger partial charge in [-0.1, -0.05) is 24.3 Å². The van der Waals surface area contributed by atoms with Crippen molar-refractivity contribution in [2.24, 2.45) is 5.41 Å². The van der Waals surface area contributed by atoms with Crippen molar-refractivity contribution in [3.05, 3.63) is 59.3 Å². The van der Waals surface area contributed by atoms with Crippen LogP contribution in [0.4, 0.5) is 33.6 Å². The number of rotatable bonds is 8. The molecule has 0 radical (unpaired) electrons. The van der Waals surface area contributed by atoms with Gasteiger partial charge in [0.25, 0.3) is 0 Å². The maximum absolute atomic E-state index is 13.6. The third kappa shape index (κ3) is 5.02. The largest absolute Gasteiger partial charge is 0.481 e. The lowest BCUT2D eigenvalue weighted by atomic mass is 9.77. The molecule has 5 rings (SSSR count). The average molecular weight is 604 g/mol. The SMILES string of the molecule is CC(C)(Cc1ccc(C2(C)C(=O)Nc3nc(-c4nn(CCC(F)(F)C(F)(F)F)c5ncccc45)nc(N)c32)cc1)C(=O)O. The monoisotopic (exact) mass is 603 g/mol. The Bertz CT molecular complexity index is 1750. The Morgan fingerprint density at radius 2 is 1.77 bits per heavy atom. The van der Waals surface area contributed by atoms with Crippen LogP contribution in [0, 0.1) is 5.41 Å². The number of anilines is 2. The number of aliphatic carboxylic acids is 1. The minimum atomic E-state index is -5.72. The van der Waals surface area contributed by atoms with Gasteiger partial charge >= 0.3 is 18.1 Å². The van der Waals surface area contributed by atoms with Crippen LogP contribution in [0.15, 0.2) is 42.6 Å². The second-order valence-electron chi connectivity index (χ2n) is 11.2. The quantitative estimate of drug-likeness (QED) is 0.239. The van der Waals surface area contributed by atoms with Crippen molar-refractivity contribution in [1.82, 2.24) is 24.7 Å². The van der Waals surface area contributed by atoms with Gasteiger partial charge in [-0.2, -0.15) is 27.1 Å². The lowest BCUT2D eigenvalue weighted by Gasteiger charge is -2.24. The van der Waals surface area contributed by atoms with Crippen LogP contribution in [0.1, 0.15) is 43.9 Å². The summed E-state index contributed by atoms with van der Waals surface area (Å²) in [5, 5.41) is 16.6. The third-order valence-electron chi connectivity index (χ3n) is 7.65. The van der Waals surface area contributed by atoms with E-state index in [1.807, 2.05) is 0 Å². The highest BCUT2D eigenvalue weighted by molar-refractivity contribution is 6.09. The number of amides is 1. The zero-order chi connectivity index (χ0) is 31.5. The number of carbonyl (C=O) groups is 2. The molecule has 3 aromatic heterocycles. The van der Waals surface area contributed by atoms with Gasteiger partial charge in [0.2, 0.25) is 5.91 Å². The van der Waals surface area contributed by atoms with Crippen LogP contribution in [0.5, 0.6) is 0 Å². The van der Waals surface area contributed by atoms with E-state index in [0.717, 1.165) is 10.2 Å². The summed E-state index contributed by atoms with van der Waals surface area (Å²) < 4.78 is 66.4. The van der Waals surface area contributed by atoms with Gasteiger partial charge in [0.05, 0.1) is 16.4 Å². The summed E-state index contributed by atoms with van der Waals surface area (Å²) in [5.74, 6) is -6.42. The number of nitrogens with two attached hydrogens (primary N) is 1. The molecule has 1 aromatic carbocycles. The summed E-state index contributed by atoms with van der Waals surface area (Å²) in [6.07, 6.45) is -5.68. The highest BCUT2D eigenvalue weighted by atomic mass is 19.4. The number of aromatic nitrogens is 5. The zero-order valence-electron chi connectivity index (χ0n) is 23.1. The number of hydrogen-bond donors (Lipinski definition) is 3. The fraction of sp³-hybridized carbons (Fsp3) is 0.357. The molecule has 0 spiro atoms. The fourth-order valence-corrected chi connectivity index (χ4v) is 5.05. The Labute approximate surface area is 241 Å². The lowest BCUT2D eigenvalue weighted by Crippen LogP contribution is -2.37. The molecule has 1 atom stereocenters. The summed E-state index contributed by atoms with van der Waals surface area (Å²) in [4.78, 5) is 37.7. The molecule has 4 aromatic rings. The number of carbonyl (C=O) groups excluding carboxylic acids is 1. The predicted octanol–water partition coefficient (Wildman–Crippen LogP) is 4.97. The molecular formula is C28H26F5N7O3. The van der Waals surface area contributed by atoms with Crippen LogP contribution >= 0.6 is 0 Å². The van der Waals surface area contributed by atoms with Crippen molar-refractivity contribution in [3.8, 4) is 11.5 Å². The smallest absolute Gasteiger partial charge is 0.453 e. The second kappa shape index (κ2) is 9.95. The topological polar surface area (TPSA) is 149 Å². The van der Waals surface area contributed by atoms with Gasteiger partial charge < -0.3 is 16.2 Å². The predicted molar refractivity (Wildman–Crippen MR) is 145 cm³/mol. The minimum absolute atomic E-state index is 0.0289. The van der Waals surface area contributed by atoms with E-state index in [-0.39, 0.29) is 46.2 Å². The van der Waals surface area contributed by atoms with Gasteiger partial charge in [-0.3, -0.25) is 9.59 Å². The lowest BCUT2D eigenvalue weighted by molar-refractivity contribution is -0.285. The fourth-order valence-electron chi connectivity index (χ4n) is 5.05. The molecule has 4 N–H and O–H groups in total. The summed E-state index contributed by atoms with van der Waals surface area (Å²) in [6, 6.07) is 9.93. The number of alkyl halides is 5. The van der Waals surface area contributed by atoms with E-state index < -0.39 is 47.8 Å². The minimum Gasteiger partial charge on any atom is -0.481 e. The van der Waals surface area contributed by atoms with E-state index in [4.69, 9.17) is 5.73 Å². The molecule has 0 fully saturated rings. The first-order valence-electron chi connectivity index (χ1n) is 13.0. The van der Waals surface area contributed by atoms with Crippen molar-refractivity contribution in [2.45, 2.75) is 57.7 Å². The number of benzene rings is 1. The molecule has 43 heavy (non-hydrogen) atoms. The maximum Gasteiger partial charge on any atom is 0.453 e. The van der Waals surface area contributed by atoms with E-state index in [1.54, 1.807) is 45.0 Å². The molecule has 1 aliphatic heterocycles. The van der Waals surface area contributed by atoms with Gasteiger partial charge in [0, 0.05) is 19.2 Å². The Morgan fingerprint density at radius 3 is 2.40 bits per heavy atom. The van der Waals surface area contributed by atoms with Crippen molar-refractivity contribution in [1.29, 1.82) is 0 Å². The molecule has 1 aliphatic rings. The van der Waals surface area contributed by atoms with E-state index in [9.17, 15) is 36.6 Å². The molecule has 4 heterocycles. The Kier molecular flexibility index (Phi) is 6.89. The van der Waals surface area contributed by atoms with Crippen LogP contribution in [0.25, 0.3) is 22.6 Å².